The monoisotopic (exact) mass is 463 g/mol. The summed E-state index contributed by atoms with van der Waals surface area (Å²) in [6.45, 7) is 13.6. The van der Waals surface area contributed by atoms with Crippen LogP contribution in [-0.2, 0) is 14.3 Å². The highest BCUT2D eigenvalue weighted by Crippen LogP contribution is 2.30. The summed E-state index contributed by atoms with van der Waals surface area (Å²) < 4.78 is 5.35. The molecule has 3 amide bonds. The maximum absolute atomic E-state index is 13.7. The second-order valence-electron chi connectivity index (χ2n) is 9.51. The topological polar surface area (TPSA) is 108 Å². The molecule has 1 aromatic carbocycles. The molecule has 186 valence electrons. The van der Waals surface area contributed by atoms with Crippen molar-refractivity contribution in [2.24, 2.45) is 5.92 Å². The van der Waals surface area contributed by atoms with Crippen molar-refractivity contribution in [1.82, 2.24) is 15.5 Å². The number of nitrogens with zero attached hydrogens (tertiary/aromatic N) is 1. The zero-order valence-electron chi connectivity index (χ0n) is 21.1. The van der Waals surface area contributed by atoms with Crippen LogP contribution in [0.3, 0.4) is 0 Å². The molecular formula is C25H41N3O5. The third-order valence-electron chi connectivity index (χ3n) is 4.97. The van der Waals surface area contributed by atoms with Crippen LogP contribution in [0.1, 0.15) is 79.3 Å². The van der Waals surface area contributed by atoms with Crippen molar-refractivity contribution in [2.75, 3.05) is 13.1 Å². The highest BCUT2D eigenvalue weighted by Gasteiger charge is 2.38. The molecule has 0 fully saturated rings. The summed E-state index contributed by atoms with van der Waals surface area (Å²) in [5.41, 5.74) is -0.372. The van der Waals surface area contributed by atoms with E-state index in [1.807, 2.05) is 27.7 Å². The van der Waals surface area contributed by atoms with Crippen LogP contribution in [0.25, 0.3) is 0 Å². The SMILES string of the molecule is CCCCNC(=O)C(c1ccccc1O)N(CCC)C(=O)C(NC(=O)OC(C)(C)C)C(C)C. The lowest BCUT2D eigenvalue weighted by Crippen LogP contribution is -2.55. The molecule has 0 spiro atoms. The van der Waals surface area contributed by atoms with Gasteiger partial charge in [0.25, 0.3) is 0 Å². The third kappa shape index (κ3) is 8.94. The van der Waals surface area contributed by atoms with Gasteiger partial charge in [-0.3, -0.25) is 9.59 Å². The Morgan fingerprint density at radius 2 is 1.73 bits per heavy atom. The normalized spacial score (nSPS) is 13.2. The van der Waals surface area contributed by atoms with E-state index in [2.05, 4.69) is 10.6 Å². The van der Waals surface area contributed by atoms with Gasteiger partial charge in [-0.05, 0) is 45.6 Å². The van der Waals surface area contributed by atoms with Crippen LogP contribution in [0, 0.1) is 5.92 Å². The standard InChI is InChI=1S/C25H41N3O5/c1-8-10-15-26-22(30)21(18-13-11-12-14-19(18)29)28(16-9-2)23(31)20(17(3)4)27-24(32)33-25(5,6)7/h11-14,17,20-21,29H,8-10,15-16H2,1-7H3,(H,26,30)(H,27,32). The van der Waals surface area contributed by atoms with Crippen molar-refractivity contribution in [3.63, 3.8) is 0 Å². The van der Waals surface area contributed by atoms with Crippen LogP contribution in [0.5, 0.6) is 5.75 Å². The van der Waals surface area contributed by atoms with Gasteiger partial charge in [0.15, 0.2) is 0 Å². The maximum atomic E-state index is 13.7. The Morgan fingerprint density at radius 1 is 1.09 bits per heavy atom. The van der Waals surface area contributed by atoms with E-state index in [0.717, 1.165) is 12.8 Å². The van der Waals surface area contributed by atoms with E-state index in [4.69, 9.17) is 4.74 Å². The zero-order chi connectivity index (χ0) is 25.2. The Hall–Kier alpha value is -2.77. The average molecular weight is 464 g/mol. The number of rotatable bonds is 11. The Bertz CT molecular complexity index is 788. The number of ether oxygens (including phenoxy) is 1. The van der Waals surface area contributed by atoms with Crippen LogP contribution in [0.15, 0.2) is 24.3 Å². The molecule has 8 heteroatoms. The Labute approximate surface area is 198 Å². The number of carbonyl (C=O) groups excluding carboxylic acids is 3. The number of benzene rings is 1. The van der Waals surface area contributed by atoms with Crippen molar-refractivity contribution in [3.05, 3.63) is 29.8 Å². The number of para-hydroxylation sites is 1. The molecule has 3 N–H and O–H groups in total. The number of phenols is 1. The second-order valence-corrected chi connectivity index (χ2v) is 9.51. The van der Waals surface area contributed by atoms with Crippen molar-refractivity contribution < 1.29 is 24.2 Å². The Balaban J connectivity index is 3.36. The number of aromatic hydroxyl groups is 1. The van der Waals surface area contributed by atoms with Crippen LogP contribution in [0.4, 0.5) is 4.79 Å². The van der Waals surface area contributed by atoms with Crippen LogP contribution in [0.2, 0.25) is 0 Å². The van der Waals surface area contributed by atoms with Crippen molar-refractivity contribution in [3.8, 4) is 5.75 Å². The number of carbonyl (C=O) groups is 3. The number of hydrogen-bond acceptors (Lipinski definition) is 5. The molecule has 0 heterocycles. The summed E-state index contributed by atoms with van der Waals surface area (Å²) in [7, 11) is 0. The molecule has 0 radical (unpaired) electrons. The van der Waals surface area contributed by atoms with Gasteiger partial charge >= 0.3 is 6.09 Å². The lowest BCUT2D eigenvalue weighted by atomic mass is 9.98. The van der Waals surface area contributed by atoms with Crippen LogP contribution < -0.4 is 10.6 Å². The minimum absolute atomic E-state index is 0.0664. The molecule has 33 heavy (non-hydrogen) atoms. The first-order valence-electron chi connectivity index (χ1n) is 11.8. The highest BCUT2D eigenvalue weighted by atomic mass is 16.6. The summed E-state index contributed by atoms with van der Waals surface area (Å²) in [4.78, 5) is 40.9. The summed E-state index contributed by atoms with van der Waals surface area (Å²) in [6.07, 6.45) is 1.61. The quantitative estimate of drug-likeness (QED) is 0.428. The van der Waals surface area contributed by atoms with E-state index in [1.54, 1.807) is 39.0 Å². The van der Waals surface area contributed by atoms with Gasteiger partial charge in [0.05, 0.1) is 0 Å². The van der Waals surface area contributed by atoms with E-state index in [9.17, 15) is 19.5 Å². The van der Waals surface area contributed by atoms with E-state index in [-0.39, 0.29) is 24.1 Å². The Kier molecular flexibility index (Phi) is 11.2. The van der Waals surface area contributed by atoms with Gasteiger partial charge in [-0.2, -0.15) is 0 Å². The number of alkyl carbamates (subject to hydrolysis) is 1. The molecule has 0 aliphatic heterocycles. The van der Waals surface area contributed by atoms with E-state index >= 15 is 0 Å². The first kappa shape index (κ1) is 28.3. The van der Waals surface area contributed by atoms with Gasteiger partial charge in [-0.1, -0.05) is 52.3 Å². The minimum Gasteiger partial charge on any atom is -0.508 e. The van der Waals surface area contributed by atoms with E-state index in [1.165, 1.54) is 11.0 Å². The molecule has 2 unspecified atom stereocenters. The minimum atomic E-state index is -1.03. The van der Waals surface area contributed by atoms with Gasteiger partial charge in [0.1, 0.15) is 23.4 Å². The van der Waals surface area contributed by atoms with Gasteiger partial charge < -0.3 is 25.4 Å². The number of hydrogen-bond donors (Lipinski definition) is 3. The molecule has 1 rings (SSSR count). The maximum Gasteiger partial charge on any atom is 0.408 e. The third-order valence-corrected chi connectivity index (χ3v) is 4.97. The molecule has 2 atom stereocenters. The summed E-state index contributed by atoms with van der Waals surface area (Å²) in [6, 6.07) is 4.59. The van der Waals surface area contributed by atoms with E-state index in [0.29, 0.717) is 18.5 Å². The molecule has 1 aromatic rings. The summed E-state index contributed by atoms with van der Waals surface area (Å²) in [5, 5.41) is 16.1. The number of unbranched alkanes of at least 4 members (excludes halogenated alkanes) is 1. The van der Waals surface area contributed by atoms with Gasteiger partial charge in [-0.25, -0.2) is 4.79 Å². The zero-order valence-corrected chi connectivity index (χ0v) is 21.1. The number of phenolic OH excluding ortho intramolecular Hbond substituents is 1. The molecule has 0 aliphatic carbocycles. The largest absolute Gasteiger partial charge is 0.508 e. The van der Waals surface area contributed by atoms with Crippen molar-refractivity contribution >= 4 is 17.9 Å². The van der Waals surface area contributed by atoms with Gasteiger partial charge in [0, 0.05) is 18.7 Å². The predicted octanol–water partition coefficient (Wildman–Crippen LogP) is 4.14. The first-order valence-corrected chi connectivity index (χ1v) is 11.8. The van der Waals surface area contributed by atoms with Gasteiger partial charge in [-0.15, -0.1) is 0 Å². The van der Waals surface area contributed by atoms with Crippen LogP contribution in [-0.4, -0.2) is 52.6 Å². The number of amides is 3. The average Bonchev–Trinajstić information content (AvgIpc) is 2.71. The Morgan fingerprint density at radius 3 is 2.24 bits per heavy atom. The lowest BCUT2D eigenvalue weighted by molar-refractivity contribution is -0.143. The van der Waals surface area contributed by atoms with E-state index < -0.39 is 29.7 Å². The number of nitrogens with one attached hydrogen (secondary N) is 2. The fourth-order valence-corrected chi connectivity index (χ4v) is 3.39. The van der Waals surface area contributed by atoms with Crippen molar-refractivity contribution in [2.45, 2.75) is 85.4 Å². The smallest absolute Gasteiger partial charge is 0.408 e. The first-order chi connectivity index (χ1) is 15.4. The molecule has 0 aliphatic rings. The van der Waals surface area contributed by atoms with Crippen LogP contribution >= 0.6 is 0 Å². The van der Waals surface area contributed by atoms with Crippen molar-refractivity contribution in [1.29, 1.82) is 0 Å². The fraction of sp³-hybridized carbons (Fsp3) is 0.640. The van der Waals surface area contributed by atoms with Gasteiger partial charge in [0.2, 0.25) is 11.8 Å². The molecule has 0 bridgehead atoms. The lowest BCUT2D eigenvalue weighted by Gasteiger charge is -2.35. The predicted molar refractivity (Wildman–Crippen MR) is 129 cm³/mol. The summed E-state index contributed by atoms with van der Waals surface area (Å²) >= 11 is 0. The highest BCUT2D eigenvalue weighted by molar-refractivity contribution is 5.92. The fourth-order valence-electron chi connectivity index (χ4n) is 3.39. The second kappa shape index (κ2) is 13.1. The molecule has 0 aromatic heterocycles. The molecule has 8 nitrogen and oxygen atoms in total. The molecule has 0 saturated heterocycles. The summed E-state index contributed by atoms with van der Waals surface area (Å²) in [5.74, 6) is -1.09. The molecular weight excluding hydrogens is 422 g/mol. The molecule has 0 saturated carbocycles.